The quantitative estimate of drug-likeness (QED) is 0.552. The highest BCUT2D eigenvalue weighted by molar-refractivity contribution is 8.13. The first-order chi connectivity index (χ1) is 4.33. The Morgan fingerprint density at radius 1 is 1.89 bits per heavy atom. The molecule has 0 spiro atoms. The number of allylic oxidation sites excluding steroid dienone is 1. The smallest absolute Gasteiger partial charge is 0.219 e. The van der Waals surface area contributed by atoms with E-state index in [-0.39, 0.29) is 5.12 Å². The summed E-state index contributed by atoms with van der Waals surface area (Å²) in [4.78, 5) is 10.6. The number of ether oxygens (including phenoxy) is 1. The zero-order valence-corrected chi connectivity index (χ0v) is 5.61. The molecular formula is C6H6O2S. The van der Waals surface area contributed by atoms with Crippen molar-refractivity contribution in [3.63, 3.8) is 0 Å². The van der Waals surface area contributed by atoms with Gasteiger partial charge < -0.3 is 4.74 Å². The van der Waals surface area contributed by atoms with Gasteiger partial charge in [0.05, 0.1) is 0 Å². The molecule has 0 radical (unpaired) electrons. The first-order valence-corrected chi connectivity index (χ1v) is 3.45. The second-order valence-electron chi connectivity index (χ2n) is 1.48. The molecule has 0 saturated carbocycles. The first-order valence-electron chi connectivity index (χ1n) is 2.46. The lowest BCUT2D eigenvalue weighted by molar-refractivity contribution is -0.107. The van der Waals surface area contributed by atoms with Crippen molar-refractivity contribution in [2.24, 2.45) is 0 Å². The summed E-state index contributed by atoms with van der Waals surface area (Å²) >= 11 is 1.15. The molecule has 1 rings (SSSR count). The van der Waals surface area contributed by atoms with E-state index in [0.29, 0.717) is 11.7 Å². The van der Waals surface area contributed by atoms with Crippen LogP contribution in [0.15, 0.2) is 24.5 Å². The van der Waals surface area contributed by atoms with Crippen LogP contribution in [-0.2, 0) is 9.53 Å². The van der Waals surface area contributed by atoms with Crippen molar-refractivity contribution >= 4 is 16.9 Å². The van der Waals surface area contributed by atoms with Crippen LogP contribution in [0.2, 0.25) is 0 Å². The summed E-state index contributed by atoms with van der Waals surface area (Å²) in [5, 5.41) is 0.0381. The van der Waals surface area contributed by atoms with Crippen molar-refractivity contribution < 1.29 is 9.53 Å². The standard InChI is InChI=1S/C6H6O2S/c1-2-5-3-6(7)9-4-8-5/h2-3H,1,4H2. The van der Waals surface area contributed by atoms with Crippen molar-refractivity contribution in [3.8, 4) is 0 Å². The average molecular weight is 142 g/mol. The van der Waals surface area contributed by atoms with E-state index < -0.39 is 0 Å². The summed E-state index contributed by atoms with van der Waals surface area (Å²) in [5.41, 5.74) is 0. The number of thioether (sulfide) groups is 1. The van der Waals surface area contributed by atoms with Crippen molar-refractivity contribution in [2.75, 3.05) is 5.94 Å². The highest BCUT2D eigenvalue weighted by Gasteiger charge is 2.07. The molecule has 0 unspecified atom stereocenters. The zero-order chi connectivity index (χ0) is 6.69. The van der Waals surface area contributed by atoms with Crippen LogP contribution in [0.25, 0.3) is 0 Å². The molecule has 0 aromatic rings. The SMILES string of the molecule is C=CC1=CC(=O)SCO1. The third-order valence-corrected chi connectivity index (χ3v) is 1.53. The largest absolute Gasteiger partial charge is 0.482 e. The van der Waals surface area contributed by atoms with E-state index in [9.17, 15) is 4.79 Å². The van der Waals surface area contributed by atoms with E-state index in [1.807, 2.05) is 0 Å². The Kier molecular flexibility index (Phi) is 1.95. The Balaban J connectivity index is 2.70. The minimum absolute atomic E-state index is 0.0381. The number of hydrogen-bond acceptors (Lipinski definition) is 3. The molecule has 0 amide bonds. The molecule has 0 aromatic heterocycles. The van der Waals surface area contributed by atoms with Gasteiger partial charge in [0.2, 0.25) is 5.12 Å². The van der Waals surface area contributed by atoms with Gasteiger partial charge in [-0.05, 0) is 17.8 Å². The summed E-state index contributed by atoms with van der Waals surface area (Å²) < 4.78 is 4.98. The molecule has 0 fully saturated rings. The molecule has 3 heteroatoms. The number of hydrogen-bond donors (Lipinski definition) is 0. The Morgan fingerprint density at radius 3 is 3.11 bits per heavy atom. The van der Waals surface area contributed by atoms with Crippen LogP contribution < -0.4 is 0 Å². The molecule has 0 saturated heterocycles. The van der Waals surface area contributed by atoms with Crippen molar-refractivity contribution in [3.05, 3.63) is 24.5 Å². The predicted octanol–water partition coefficient (Wildman–Crippen LogP) is 1.30. The van der Waals surface area contributed by atoms with Crippen LogP contribution in [0.4, 0.5) is 0 Å². The maximum Gasteiger partial charge on any atom is 0.219 e. The maximum absolute atomic E-state index is 10.6. The van der Waals surface area contributed by atoms with Gasteiger partial charge in [0, 0.05) is 6.08 Å². The lowest BCUT2D eigenvalue weighted by atomic mass is 10.4. The topological polar surface area (TPSA) is 26.3 Å². The van der Waals surface area contributed by atoms with Gasteiger partial charge >= 0.3 is 0 Å². The average Bonchev–Trinajstić information content (AvgIpc) is 1.88. The van der Waals surface area contributed by atoms with E-state index in [0.717, 1.165) is 11.8 Å². The van der Waals surface area contributed by atoms with Gasteiger partial charge in [0.25, 0.3) is 0 Å². The lowest BCUT2D eigenvalue weighted by Gasteiger charge is -2.08. The van der Waals surface area contributed by atoms with Gasteiger partial charge in [-0.2, -0.15) is 0 Å². The summed E-state index contributed by atoms with van der Waals surface area (Å²) in [6, 6.07) is 0. The van der Waals surface area contributed by atoms with Gasteiger partial charge in [0.15, 0.2) is 0 Å². The summed E-state index contributed by atoms with van der Waals surface area (Å²) in [5.74, 6) is 0.982. The predicted molar refractivity (Wildman–Crippen MR) is 36.8 cm³/mol. The molecule has 9 heavy (non-hydrogen) atoms. The number of carbonyl (C=O) groups excluding carboxylic acids is 1. The molecule has 0 N–H and O–H groups in total. The fraction of sp³-hybridized carbons (Fsp3) is 0.167. The fourth-order valence-corrected chi connectivity index (χ4v) is 0.984. The Morgan fingerprint density at radius 2 is 2.67 bits per heavy atom. The number of carbonyl (C=O) groups is 1. The van der Waals surface area contributed by atoms with Crippen LogP contribution in [0.5, 0.6) is 0 Å². The first kappa shape index (κ1) is 6.42. The van der Waals surface area contributed by atoms with Crippen LogP contribution in [0.3, 0.4) is 0 Å². The van der Waals surface area contributed by atoms with Gasteiger partial charge in [-0.1, -0.05) is 6.58 Å². The molecule has 1 aliphatic rings. The summed E-state index contributed by atoms with van der Waals surface area (Å²) in [6.07, 6.45) is 2.96. The van der Waals surface area contributed by atoms with E-state index in [4.69, 9.17) is 4.74 Å². The highest BCUT2D eigenvalue weighted by atomic mass is 32.2. The van der Waals surface area contributed by atoms with Crippen LogP contribution in [0.1, 0.15) is 0 Å². The van der Waals surface area contributed by atoms with Gasteiger partial charge in [-0.15, -0.1) is 0 Å². The molecule has 0 aliphatic carbocycles. The second-order valence-corrected chi connectivity index (χ2v) is 2.40. The van der Waals surface area contributed by atoms with E-state index >= 15 is 0 Å². The zero-order valence-electron chi connectivity index (χ0n) is 4.79. The fourth-order valence-electron chi connectivity index (χ4n) is 0.473. The Labute approximate surface area is 57.6 Å². The Hall–Kier alpha value is -0.700. The molecule has 0 aromatic carbocycles. The van der Waals surface area contributed by atoms with E-state index in [2.05, 4.69) is 6.58 Å². The third kappa shape index (κ3) is 1.61. The van der Waals surface area contributed by atoms with Gasteiger partial charge in [-0.25, -0.2) is 0 Å². The van der Waals surface area contributed by atoms with Crippen molar-refractivity contribution in [1.29, 1.82) is 0 Å². The molecular weight excluding hydrogens is 136 g/mol. The molecule has 0 atom stereocenters. The van der Waals surface area contributed by atoms with Crippen LogP contribution in [0, 0.1) is 0 Å². The lowest BCUT2D eigenvalue weighted by Crippen LogP contribution is -2.01. The summed E-state index contributed by atoms with van der Waals surface area (Å²) in [6.45, 7) is 3.46. The van der Waals surface area contributed by atoms with Crippen LogP contribution in [-0.4, -0.2) is 11.1 Å². The molecule has 48 valence electrons. The molecule has 1 heterocycles. The third-order valence-electron chi connectivity index (χ3n) is 0.888. The van der Waals surface area contributed by atoms with E-state index in [1.54, 1.807) is 0 Å². The molecule has 0 bridgehead atoms. The van der Waals surface area contributed by atoms with Crippen molar-refractivity contribution in [2.45, 2.75) is 0 Å². The minimum atomic E-state index is 0.0381. The molecule has 2 nitrogen and oxygen atoms in total. The van der Waals surface area contributed by atoms with Crippen molar-refractivity contribution in [1.82, 2.24) is 0 Å². The normalized spacial score (nSPS) is 18.2. The van der Waals surface area contributed by atoms with Gasteiger partial charge in [0.1, 0.15) is 11.7 Å². The Bertz CT molecular complexity index is 172. The second kappa shape index (κ2) is 2.73. The summed E-state index contributed by atoms with van der Waals surface area (Å²) in [7, 11) is 0. The monoisotopic (exact) mass is 142 g/mol. The van der Waals surface area contributed by atoms with E-state index in [1.165, 1.54) is 12.2 Å². The minimum Gasteiger partial charge on any atom is -0.482 e. The highest BCUT2D eigenvalue weighted by Crippen LogP contribution is 2.15. The van der Waals surface area contributed by atoms with Crippen LogP contribution >= 0.6 is 11.8 Å². The maximum atomic E-state index is 10.6. The van der Waals surface area contributed by atoms with Gasteiger partial charge in [-0.3, -0.25) is 4.79 Å². The number of rotatable bonds is 1. The molecule has 1 aliphatic heterocycles.